The van der Waals surface area contributed by atoms with Gasteiger partial charge in [-0.1, -0.05) is 68.0 Å². The molecule has 0 heterocycles. The lowest BCUT2D eigenvalue weighted by atomic mass is 9.82. The summed E-state index contributed by atoms with van der Waals surface area (Å²) in [4.78, 5) is 12.8. The number of carbonyl (C=O) groups excluding carboxylic acids is 1. The first kappa shape index (κ1) is 26.7. The van der Waals surface area contributed by atoms with E-state index in [4.69, 9.17) is 0 Å². The lowest BCUT2D eigenvalue weighted by Gasteiger charge is -2.30. The summed E-state index contributed by atoms with van der Waals surface area (Å²) in [6.45, 7) is 7.73. The molecule has 0 radical (unpaired) electrons. The maximum absolute atomic E-state index is 13.7. The van der Waals surface area contributed by atoms with Gasteiger partial charge < -0.3 is 0 Å². The van der Waals surface area contributed by atoms with Crippen LogP contribution in [0.1, 0.15) is 46.1 Å². The summed E-state index contributed by atoms with van der Waals surface area (Å²) in [5.74, 6) is 0.0480. The van der Waals surface area contributed by atoms with Gasteiger partial charge in [0, 0.05) is 6.42 Å². The molecule has 6 heteroatoms. The molecule has 1 aliphatic rings. The van der Waals surface area contributed by atoms with Crippen LogP contribution in [-0.4, -0.2) is 19.5 Å². The van der Waals surface area contributed by atoms with Crippen LogP contribution in [0.3, 0.4) is 0 Å². The Morgan fingerprint density at radius 2 is 1.69 bits per heavy atom. The van der Waals surface area contributed by atoms with Crippen LogP contribution in [0.2, 0.25) is 0 Å². The van der Waals surface area contributed by atoms with Gasteiger partial charge >= 0.3 is 0 Å². The van der Waals surface area contributed by atoms with Crippen molar-refractivity contribution in [1.82, 2.24) is 0 Å². The fourth-order valence-corrected chi connectivity index (χ4v) is 6.96. The molecule has 3 nitrogen and oxygen atoms in total. The van der Waals surface area contributed by atoms with Crippen LogP contribution in [0.25, 0.3) is 0 Å². The van der Waals surface area contributed by atoms with Crippen LogP contribution < -0.4 is 5.30 Å². The number of rotatable bonds is 7. The minimum Gasteiger partial charge on any atom is -0.295 e. The zero-order chi connectivity index (χ0) is 22.8. The Morgan fingerprint density at radius 1 is 1.09 bits per heavy atom. The van der Waals surface area contributed by atoms with E-state index in [1.807, 2.05) is 45.0 Å². The van der Waals surface area contributed by atoms with Crippen molar-refractivity contribution < 1.29 is 13.2 Å². The van der Waals surface area contributed by atoms with Gasteiger partial charge in [0.1, 0.15) is 0 Å². The molecule has 0 amide bonds. The summed E-state index contributed by atoms with van der Waals surface area (Å²) < 4.78 is 27.5. The number of ketones is 1. The molecule has 0 aromatic heterocycles. The van der Waals surface area contributed by atoms with Gasteiger partial charge in [0.05, 0.1) is 10.1 Å². The van der Waals surface area contributed by atoms with Gasteiger partial charge in [-0.3, -0.25) is 4.79 Å². The molecule has 172 valence electrons. The van der Waals surface area contributed by atoms with Crippen LogP contribution >= 0.6 is 26.2 Å². The smallest absolute Gasteiger partial charge is 0.185 e. The first-order chi connectivity index (χ1) is 14.5. The molecule has 2 atom stereocenters. The Morgan fingerprint density at radius 3 is 2.25 bits per heavy atom. The number of sulfone groups is 1. The molecule has 3 rings (SSSR count). The monoisotopic (exact) mass is 534 g/mol. The van der Waals surface area contributed by atoms with Crippen LogP contribution in [-0.2, 0) is 21.1 Å². The molecule has 2 unspecified atom stereocenters. The fourth-order valence-electron chi connectivity index (χ4n) is 4.49. The number of halogens is 1. The van der Waals surface area contributed by atoms with Crippen LogP contribution in [0.4, 0.5) is 0 Å². The highest BCUT2D eigenvalue weighted by atomic mass is 79.9. The van der Waals surface area contributed by atoms with Gasteiger partial charge in [-0.05, 0) is 66.3 Å². The quantitative estimate of drug-likeness (QED) is 0.333. The van der Waals surface area contributed by atoms with E-state index in [0.717, 1.165) is 22.9 Å². The van der Waals surface area contributed by atoms with Gasteiger partial charge in [0.25, 0.3) is 0 Å². The van der Waals surface area contributed by atoms with E-state index in [1.165, 1.54) is 5.56 Å². The molecule has 0 fully saturated rings. The second-order valence-corrected chi connectivity index (χ2v) is 11.8. The number of benzene rings is 2. The third kappa shape index (κ3) is 5.68. The van der Waals surface area contributed by atoms with Gasteiger partial charge in [0.2, 0.25) is 0 Å². The van der Waals surface area contributed by atoms with Crippen molar-refractivity contribution >= 4 is 47.1 Å². The second kappa shape index (κ2) is 10.6. The molecule has 0 saturated heterocycles. The average Bonchev–Trinajstić information content (AvgIpc) is 2.92. The highest BCUT2D eigenvalue weighted by Gasteiger charge is 2.44. The Hall–Kier alpha value is -1.55. The average molecular weight is 535 g/mol. The van der Waals surface area contributed by atoms with E-state index in [1.54, 1.807) is 31.2 Å². The van der Waals surface area contributed by atoms with Crippen molar-refractivity contribution in [1.29, 1.82) is 0 Å². The molecular formula is C26H32BrO3PS. The third-order valence-corrected chi connectivity index (χ3v) is 8.80. The number of carbonyl (C=O) groups is 1. The van der Waals surface area contributed by atoms with E-state index >= 15 is 0 Å². The van der Waals surface area contributed by atoms with Crippen LogP contribution in [0, 0.1) is 5.41 Å². The van der Waals surface area contributed by atoms with Gasteiger partial charge in [0.15, 0.2) is 15.6 Å². The van der Waals surface area contributed by atoms with Gasteiger partial charge in [-0.2, -0.15) is 0 Å². The summed E-state index contributed by atoms with van der Waals surface area (Å²) in [6.07, 6.45) is 3.58. The van der Waals surface area contributed by atoms with E-state index < -0.39 is 20.5 Å². The van der Waals surface area contributed by atoms with Crippen molar-refractivity contribution in [3.05, 3.63) is 83.0 Å². The topological polar surface area (TPSA) is 51.2 Å². The lowest BCUT2D eigenvalue weighted by Crippen LogP contribution is -2.30. The molecule has 2 aromatic carbocycles. The summed E-state index contributed by atoms with van der Waals surface area (Å²) >= 11 is 0. The predicted molar refractivity (Wildman–Crippen MR) is 142 cm³/mol. The van der Waals surface area contributed by atoms with Crippen molar-refractivity contribution in [3.8, 4) is 0 Å². The van der Waals surface area contributed by atoms with E-state index in [2.05, 4.69) is 21.4 Å². The van der Waals surface area contributed by atoms with E-state index in [9.17, 15) is 13.2 Å². The lowest BCUT2D eigenvalue weighted by molar-refractivity contribution is -0.115. The maximum atomic E-state index is 13.7. The Balaban J connectivity index is 0.00000363. The molecule has 1 aliphatic carbocycles. The highest BCUT2D eigenvalue weighted by molar-refractivity contribution is 8.93. The Bertz CT molecular complexity index is 1150. The molecule has 0 bridgehead atoms. The Labute approximate surface area is 205 Å². The Kier molecular flexibility index (Phi) is 8.83. The highest BCUT2D eigenvalue weighted by Crippen LogP contribution is 2.46. The summed E-state index contributed by atoms with van der Waals surface area (Å²) in [5, 5.41) is 0.389. The predicted octanol–water partition coefficient (Wildman–Crippen LogP) is 5.80. The minimum atomic E-state index is -3.65. The molecule has 2 aromatic rings. The zero-order valence-corrected chi connectivity index (χ0v) is 22.8. The van der Waals surface area contributed by atoms with Crippen molar-refractivity contribution in [3.63, 3.8) is 0 Å². The zero-order valence-electron chi connectivity index (χ0n) is 19.1. The first-order valence-electron chi connectivity index (χ1n) is 10.6. The molecule has 0 aliphatic heterocycles. The summed E-state index contributed by atoms with van der Waals surface area (Å²) in [6, 6.07) is 16.7. The maximum Gasteiger partial charge on any atom is 0.185 e. The molecular weight excluding hydrogens is 503 g/mol. The molecule has 0 spiro atoms. The van der Waals surface area contributed by atoms with E-state index in [0.29, 0.717) is 23.3 Å². The minimum absolute atomic E-state index is 0. The first-order valence-corrected chi connectivity index (χ1v) is 12.7. The fraction of sp³-hybridized carbons (Fsp3) is 0.346. The normalized spacial score (nSPS) is 17.3. The van der Waals surface area contributed by atoms with Crippen molar-refractivity contribution in [2.45, 2.75) is 57.1 Å². The largest absolute Gasteiger partial charge is 0.295 e. The molecule has 32 heavy (non-hydrogen) atoms. The second-order valence-electron chi connectivity index (χ2n) is 9.03. The number of allylic oxidation sites excluding steroid dienone is 3. The number of hydrogen-bond donors (Lipinski definition) is 0. The third-order valence-electron chi connectivity index (χ3n) is 6.16. The van der Waals surface area contributed by atoms with Gasteiger partial charge in [-0.25, -0.2) is 8.42 Å². The van der Waals surface area contributed by atoms with Crippen molar-refractivity contribution in [2.75, 3.05) is 0 Å². The van der Waals surface area contributed by atoms with Gasteiger partial charge in [-0.15, -0.1) is 26.2 Å². The number of hydrogen-bond acceptors (Lipinski definition) is 3. The SMILES string of the molecule is Br.CC(=CCc1ccccc1P)CC(C1=C(C)C(=O)CC1(C)C)S(=O)(=O)c1ccccc1. The summed E-state index contributed by atoms with van der Waals surface area (Å²) in [5.41, 5.74) is 3.10. The molecule has 0 N–H and O–H groups in total. The van der Waals surface area contributed by atoms with Crippen LogP contribution in [0.15, 0.2) is 82.3 Å². The summed E-state index contributed by atoms with van der Waals surface area (Å²) in [7, 11) is -0.907. The number of Topliss-reactive ketones (excluding diaryl/α,β-unsaturated/α-hetero) is 1. The molecule has 0 saturated carbocycles. The van der Waals surface area contributed by atoms with Crippen LogP contribution in [0.5, 0.6) is 0 Å². The van der Waals surface area contributed by atoms with E-state index in [-0.39, 0.29) is 22.8 Å². The van der Waals surface area contributed by atoms with Crippen molar-refractivity contribution in [2.24, 2.45) is 5.41 Å². The standard InChI is InChI=1S/C26H31O3PS.BrH/c1-18(14-15-20-10-8-9-13-23(20)30)16-24(25-19(2)22(27)17-26(25,3)4)31(28,29)21-11-6-5-7-12-21;/h5-14,24H,15-17,30H2,1-4H3;1H.